The van der Waals surface area contributed by atoms with Gasteiger partial charge in [0.2, 0.25) is 10.0 Å². The van der Waals surface area contributed by atoms with Crippen molar-refractivity contribution >= 4 is 33.0 Å². The van der Waals surface area contributed by atoms with Crippen LogP contribution in [0.1, 0.15) is 13.8 Å². The highest BCUT2D eigenvalue weighted by Gasteiger charge is 2.13. The highest BCUT2D eigenvalue weighted by Crippen LogP contribution is 2.27. The normalized spacial score (nSPS) is 14.8. The van der Waals surface area contributed by atoms with Crippen molar-refractivity contribution in [1.82, 2.24) is 0 Å². The molecule has 2 N–H and O–H groups in total. The lowest BCUT2D eigenvalue weighted by molar-refractivity contribution is 0.106. The van der Waals surface area contributed by atoms with Gasteiger partial charge in [0, 0.05) is 13.2 Å². The molecule has 1 rings (SSSR count). The van der Waals surface area contributed by atoms with Gasteiger partial charge in [0.05, 0.1) is 28.8 Å². The number of hydrogen-bond donors (Lipinski definition) is 2. The third kappa shape index (κ3) is 5.26. The molecular weight excluding hydrogens is 288 g/mol. The Morgan fingerprint density at radius 1 is 1.32 bits per heavy atom. The minimum atomic E-state index is -3.30. The molecule has 2 unspecified atom stereocenters. The van der Waals surface area contributed by atoms with Gasteiger partial charge in [-0.05, 0) is 32.0 Å². The third-order valence-corrected chi connectivity index (χ3v) is 3.66. The molecule has 19 heavy (non-hydrogen) atoms. The van der Waals surface area contributed by atoms with Gasteiger partial charge >= 0.3 is 0 Å². The summed E-state index contributed by atoms with van der Waals surface area (Å²) in [4.78, 5) is 0. The molecule has 0 amide bonds. The zero-order valence-corrected chi connectivity index (χ0v) is 13.0. The third-order valence-electron chi connectivity index (χ3n) is 2.73. The molecule has 5 nitrogen and oxygen atoms in total. The predicted octanol–water partition coefficient (Wildman–Crippen LogP) is 2.55. The molecule has 0 spiro atoms. The number of hydrogen-bond acceptors (Lipinski definition) is 4. The highest BCUT2D eigenvalue weighted by molar-refractivity contribution is 7.92. The first kappa shape index (κ1) is 16.1. The quantitative estimate of drug-likeness (QED) is 0.847. The lowest BCUT2D eigenvalue weighted by Gasteiger charge is -2.22. The van der Waals surface area contributed by atoms with Crippen LogP contribution in [0.3, 0.4) is 0 Å². The molecule has 1 aromatic carbocycles. The molecule has 108 valence electrons. The lowest BCUT2D eigenvalue weighted by Crippen LogP contribution is -2.29. The molecule has 0 radical (unpaired) electrons. The maximum atomic E-state index is 11.2. The number of halogens is 1. The molecule has 0 fully saturated rings. The lowest BCUT2D eigenvalue weighted by atomic mass is 10.2. The van der Waals surface area contributed by atoms with E-state index in [1.807, 2.05) is 13.8 Å². The molecule has 0 heterocycles. The van der Waals surface area contributed by atoms with Gasteiger partial charge in [-0.15, -0.1) is 0 Å². The van der Waals surface area contributed by atoms with Crippen molar-refractivity contribution in [1.29, 1.82) is 0 Å². The van der Waals surface area contributed by atoms with Crippen LogP contribution in [0.4, 0.5) is 11.4 Å². The fourth-order valence-electron chi connectivity index (χ4n) is 1.48. The van der Waals surface area contributed by atoms with Crippen molar-refractivity contribution in [2.24, 2.45) is 0 Å². The molecule has 2 atom stereocenters. The molecule has 1 aromatic rings. The average Bonchev–Trinajstić information content (AvgIpc) is 2.30. The van der Waals surface area contributed by atoms with Crippen molar-refractivity contribution in [3.8, 4) is 0 Å². The van der Waals surface area contributed by atoms with Gasteiger partial charge in [-0.3, -0.25) is 4.72 Å². The zero-order valence-electron chi connectivity index (χ0n) is 11.4. The molecular formula is C12H19ClN2O3S. The van der Waals surface area contributed by atoms with Gasteiger partial charge in [0.15, 0.2) is 0 Å². The van der Waals surface area contributed by atoms with E-state index >= 15 is 0 Å². The maximum Gasteiger partial charge on any atom is 0.229 e. The van der Waals surface area contributed by atoms with Crippen LogP contribution in [0.2, 0.25) is 5.02 Å². The van der Waals surface area contributed by atoms with Gasteiger partial charge in [-0.2, -0.15) is 0 Å². The van der Waals surface area contributed by atoms with Gasteiger partial charge < -0.3 is 10.1 Å². The molecule has 0 saturated heterocycles. The molecule has 0 bridgehead atoms. The molecule has 0 aromatic heterocycles. The van der Waals surface area contributed by atoms with Gasteiger partial charge in [-0.25, -0.2) is 8.42 Å². The highest BCUT2D eigenvalue weighted by atomic mass is 35.5. The summed E-state index contributed by atoms with van der Waals surface area (Å²) in [6.07, 6.45) is 1.10. The van der Waals surface area contributed by atoms with E-state index in [1.165, 1.54) is 0 Å². The van der Waals surface area contributed by atoms with E-state index in [4.69, 9.17) is 16.3 Å². The Balaban J connectivity index is 2.91. The van der Waals surface area contributed by atoms with Crippen LogP contribution >= 0.6 is 11.6 Å². The van der Waals surface area contributed by atoms with E-state index in [0.717, 1.165) is 6.26 Å². The zero-order chi connectivity index (χ0) is 14.6. The van der Waals surface area contributed by atoms with E-state index in [0.29, 0.717) is 16.4 Å². The number of methoxy groups -OCH3 is 1. The van der Waals surface area contributed by atoms with Crippen LogP contribution < -0.4 is 10.0 Å². The topological polar surface area (TPSA) is 67.4 Å². The monoisotopic (exact) mass is 306 g/mol. The fourth-order valence-corrected chi connectivity index (χ4v) is 2.21. The summed E-state index contributed by atoms with van der Waals surface area (Å²) >= 11 is 6.08. The van der Waals surface area contributed by atoms with Crippen LogP contribution in [0.25, 0.3) is 0 Å². The van der Waals surface area contributed by atoms with Crippen LogP contribution in [0.5, 0.6) is 0 Å². The van der Waals surface area contributed by atoms with Crippen LogP contribution in [-0.2, 0) is 14.8 Å². The number of ether oxygens (including phenoxy) is 1. The van der Waals surface area contributed by atoms with E-state index in [-0.39, 0.29) is 12.1 Å². The predicted molar refractivity (Wildman–Crippen MR) is 79.5 cm³/mol. The second-order valence-corrected chi connectivity index (χ2v) is 6.60. The molecule has 0 saturated carbocycles. The van der Waals surface area contributed by atoms with Gasteiger partial charge in [0.1, 0.15) is 0 Å². The second-order valence-electron chi connectivity index (χ2n) is 4.44. The van der Waals surface area contributed by atoms with E-state index in [1.54, 1.807) is 25.3 Å². The second kappa shape index (κ2) is 6.45. The smallest absolute Gasteiger partial charge is 0.229 e. The van der Waals surface area contributed by atoms with Crippen molar-refractivity contribution in [2.45, 2.75) is 26.0 Å². The molecule has 0 aliphatic rings. The Hall–Kier alpha value is -0.980. The largest absolute Gasteiger partial charge is 0.380 e. The summed E-state index contributed by atoms with van der Waals surface area (Å²) < 4.78 is 30.0. The summed E-state index contributed by atoms with van der Waals surface area (Å²) in [6, 6.07) is 4.94. The maximum absolute atomic E-state index is 11.2. The summed E-state index contributed by atoms with van der Waals surface area (Å²) in [5.74, 6) is 0. The SMILES string of the molecule is COC(C)C(C)Nc1cc(NS(C)(=O)=O)ccc1Cl. The molecule has 0 aliphatic carbocycles. The van der Waals surface area contributed by atoms with Crippen molar-refractivity contribution in [3.63, 3.8) is 0 Å². The number of sulfonamides is 1. The Labute approximate surface area is 119 Å². The number of rotatable bonds is 6. The standard InChI is InChI=1S/C12H19ClN2O3S/c1-8(9(2)18-3)14-12-7-10(5-6-11(12)13)15-19(4,16)17/h5-9,14-15H,1-4H3. The van der Waals surface area contributed by atoms with Crippen LogP contribution in [0, 0.1) is 0 Å². The first-order valence-electron chi connectivity index (χ1n) is 5.79. The number of benzene rings is 1. The minimum Gasteiger partial charge on any atom is -0.380 e. The minimum absolute atomic E-state index is 0.00240. The fraction of sp³-hybridized carbons (Fsp3) is 0.500. The van der Waals surface area contributed by atoms with Crippen LogP contribution in [-0.4, -0.2) is 33.9 Å². The summed E-state index contributed by atoms with van der Waals surface area (Å²) in [5, 5.41) is 3.72. The van der Waals surface area contributed by atoms with Crippen molar-refractivity contribution in [2.75, 3.05) is 23.4 Å². The summed E-state index contributed by atoms with van der Waals surface area (Å²) in [5.41, 5.74) is 1.12. The first-order chi connectivity index (χ1) is 8.73. The average molecular weight is 307 g/mol. The number of anilines is 2. The Morgan fingerprint density at radius 3 is 2.47 bits per heavy atom. The van der Waals surface area contributed by atoms with E-state index in [9.17, 15) is 8.42 Å². The summed E-state index contributed by atoms with van der Waals surface area (Å²) in [6.45, 7) is 3.89. The Bertz CT molecular complexity index is 534. The van der Waals surface area contributed by atoms with Crippen LogP contribution in [0.15, 0.2) is 18.2 Å². The number of nitrogens with one attached hydrogen (secondary N) is 2. The van der Waals surface area contributed by atoms with Crippen molar-refractivity contribution in [3.05, 3.63) is 23.2 Å². The first-order valence-corrected chi connectivity index (χ1v) is 8.06. The van der Waals surface area contributed by atoms with Crippen molar-refractivity contribution < 1.29 is 13.2 Å². The Kier molecular flexibility index (Phi) is 5.46. The molecule has 0 aliphatic heterocycles. The van der Waals surface area contributed by atoms with E-state index < -0.39 is 10.0 Å². The molecule has 7 heteroatoms. The summed E-state index contributed by atoms with van der Waals surface area (Å²) in [7, 11) is -1.67. The Morgan fingerprint density at radius 2 is 1.95 bits per heavy atom. The van der Waals surface area contributed by atoms with Gasteiger partial charge in [0.25, 0.3) is 0 Å². The van der Waals surface area contributed by atoms with E-state index in [2.05, 4.69) is 10.0 Å². The van der Waals surface area contributed by atoms with Gasteiger partial charge in [-0.1, -0.05) is 11.6 Å².